The Morgan fingerprint density at radius 2 is 1.94 bits per heavy atom. The summed E-state index contributed by atoms with van der Waals surface area (Å²) in [7, 11) is 1.62. The maximum atomic E-state index is 5.55. The molecule has 3 nitrogen and oxygen atoms in total. The smallest absolute Gasteiger partial charge is 0.146 e. The van der Waals surface area contributed by atoms with Gasteiger partial charge in [-0.25, -0.2) is 0 Å². The predicted molar refractivity (Wildman–Crippen MR) is 63.1 cm³/mol. The summed E-state index contributed by atoms with van der Waals surface area (Å²) in [5.41, 5.74) is 1.20. The highest BCUT2D eigenvalue weighted by atomic mass is 16.7. The number of hydrogen-bond acceptors (Lipinski definition) is 3. The average molecular weight is 224 g/mol. The van der Waals surface area contributed by atoms with Crippen molar-refractivity contribution in [3.63, 3.8) is 0 Å². The third-order valence-electron chi connectivity index (χ3n) is 2.25. The Bertz CT molecular complexity index is 261. The lowest BCUT2D eigenvalue weighted by Gasteiger charge is -2.12. The van der Waals surface area contributed by atoms with Crippen molar-refractivity contribution in [3.8, 4) is 0 Å². The van der Waals surface area contributed by atoms with Crippen LogP contribution in [0.25, 0.3) is 0 Å². The molecule has 0 spiro atoms. The zero-order valence-corrected chi connectivity index (χ0v) is 10.0. The van der Waals surface area contributed by atoms with E-state index in [2.05, 4.69) is 12.1 Å². The van der Waals surface area contributed by atoms with Gasteiger partial charge in [-0.3, -0.25) is 0 Å². The first-order chi connectivity index (χ1) is 7.83. The number of hydrogen-bond donors (Lipinski definition) is 0. The van der Waals surface area contributed by atoms with E-state index >= 15 is 0 Å². The fourth-order valence-corrected chi connectivity index (χ4v) is 1.28. The maximum Gasteiger partial charge on any atom is 0.146 e. The minimum Gasteiger partial charge on any atom is -0.377 e. The second-order valence-electron chi connectivity index (χ2n) is 3.71. The van der Waals surface area contributed by atoms with Crippen molar-refractivity contribution in [1.82, 2.24) is 0 Å². The van der Waals surface area contributed by atoms with Crippen LogP contribution in [0.4, 0.5) is 0 Å². The molecular weight excluding hydrogens is 204 g/mol. The molecule has 1 aromatic rings. The van der Waals surface area contributed by atoms with Crippen molar-refractivity contribution in [1.29, 1.82) is 0 Å². The van der Waals surface area contributed by atoms with E-state index < -0.39 is 0 Å². The molecule has 90 valence electrons. The minimum atomic E-state index is 0.177. The van der Waals surface area contributed by atoms with E-state index in [-0.39, 0.29) is 6.10 Å². The highest BCUT2D eigenvalue weighted by Crippen LogP contribution is 2.03. The second kappa shape index (κ2) is 8.28. The Morgan fingerprint density at radius 3 is 2.62 bits per heavy atom. The van der Waals surface area contributed by atoms with Crippen molar-refractivity contribution in [3.05, 3.63) is 35.9 Å². The van der Waals surface area contributed by atoms with Crippen molar-refractivity contribution in [2.75, 3.05) is 20.5 Å². The van der Waals surface area contributed by atoms with E-state index in [9.17, 15) is 0 Å². The van der Waals surface area contributed by atoms with Crippen LogP contribution in [0.15, 0.2) is 30.3 Å². The molecule has 0 radical (unpaired) electrons. The van der Waals surface area contributed by atoms with Crippen LogP contribution in [0, 0.1) is 0 Å². The third-order valence-corrected chi connectivity index (χ3v) is 2.25. The number of benzene rings is 1. The molecule has 16 heavy (non-hydrogen) atoms. The molecule has 0 amide bonds. The van der Waals surface area contributed by atoms with E-state index in [1.54, 1.807) is 7.11 Å². The molecule has 0 saturated carbocycles. The van der Waals surface area contributed by atoms with E-state index in [1.165, 1.54) is 5.56 Å². The molecule has 0 saturated heterocycles. The Kier molecular flexibility index (Phi) is 6.81. The molecule has 1 aromatic carbocycles. The van der Waals surface area contributed by atoms with E-state index in [1.807, 2.05) is 25.1 Å². The van der Waals surface area contributed by atoms with Gasteiger partial charge >= 0.3 is 0 Å². The minimum absolute atomic E-state index is 0.177. The van der Waals surface area contributed by atoms with Gasteiger partial charge in [0, 0.05) is 13.7 Å². The van der Waals surface area contributed by atoms with Crippen molar-refractivity contribution < 1.29 is 14.2 Å². The highest BCUT2D eigenvalue weighted by Gasteiger charge is 2.01. The average Bonchev–Trinajstić information content (AvgIpc) is 2.33. The topological polar surface area (TPSA) is 27.7 Å². The van der Waals surface area contributed by atoms with Gasteiger partial charge in [0.15, 0.2) is 0 Å². The monoisotopic (exact) mass is 224 g/mol. The fraction of sp³-hybridized carbons (Fsp3) is 0.538. The molecule has 0 N–H and O–H groups in total. The largest absolute Gasteiger partial charge is 0.377 e. The molecule has 1 rings (SSSR count). The van der Waals surface area contributed by atoms with Crippen LogP contribution in [0.5, 0.6) is 0 Å². The van der Waals surface area contributed by atoms with E-state index in [0.717, 1.165) is 6.42 Å². The molecule has 0 aliphatic carbocycles. The first-order valence-corrected chi connectivity index (χ1v) is 5.55. The summed E-state index contributed by atoms with van der Waals surface area (Å²) in [4.78, 5) is 0. The molecule has 1 atom stereocenters. The Balaban J connectivity index is 2.03. The molecule has 0 aliphatic rings. The highest BCUT2D eigenvalue weighted by molar-refractivity contribution is 5.13. The van der Waals surface area contributed by atoms with Gasteiger partial charge < -0.3 is 14.2 Å². The summed E-state index contributed by atoms with van der Waals surface area (Å²) in [6.45, 7) is 3.74. The molecule has 0 unspecified atom stereocenters. The van der Waals surface area contributed by atoms with Crippen LogP contribution in [0.3, 0.4) is 0 Å². The van der Waals surface area contributed by atoms with Crippen LogP contribution in [0.2, 0.25) is 0 Å². The van der Waals surface area contributed by atoms with Crippen LogP contribution in [-0.2, 0) is 20.8 Å². The summed E-state index contributed by atoms with van der Waals surface area (Å²) in [6.07, 6.45) is 1.06. The van der Waals surface area contributed by atoms with Gasteiger partial charge in [-0.15, -0.1) is 0 Å². The number of ether oxygens (including phenoxy) is 3. The summed E-state index contributed by atoms with van der Waals surface area (Å²) < 4.78 is 15.7. The molecule has 0 fully saturated rings. The lowest BCUT2D eigenvalue weighted by Crippen LogP contribution is -2.13. The summed E-state index contributed by atoms with van der Waals surface area (Å²) in [6, 6.07) is 10.2. The lowest BCUT2D eigenvalue weighted by molar-refractivity contribution is -0.0740. The van der Waals surface area contributed by atoms with Gasteiger partial charge in [0.2, 0.25) is 0 Å². The number of methoxy groups -OCH3 is 1. The maximum absolute atomic E-state index is 5.55. The molecule has 0 heterocycles. The zero-order chi connectivity index (χ0) is 11.6. The van der Waals surface area contributed by atoms with E-state index in [0.29, 0.717) is 20.0 Å². The summed E-state index contributed by atoms with van der Waals surface area (Å²) >= 11 is 0. The predicted octanol–water partition coefficient (Wildman–Crippen LogP) is 2.60. The Morgan fingerprint density at radius 1 is 1.19 bits per heavy atom. The third kappa shape index (κ3) is 5.85. The van der Waals surface area contributed by atoms with Gasteiger partial charge in [0.25, 0.3) is 0 Å². The molecule has 0 aliphatic heterocycles. The van der Waals surface area contributed by atoms with Gasteiger partial charge in [0.1, 0.15) is 6.79 Å². The van der Waals surface area contributed by atoms with Crippen LogP contribution in [0.1, 0.15) is 18.9 Å². The Hall–Kier alpha value is -0.900. The van der Waals surface area contributed by atoms with E-state index in [4.69, 9.17) is 14.2 Å². The first-order valence-electron chi connectivity index (χ1n) is 5.55. The molecular formula is C13H20O3. The zero-order valence-electron chi connectivity index (χ0n) is 10.0. The van der Waals surface area contributed by atoms with Gasteiger partial charge in [0.05, 0.1) is 12.7 Å². The summed E-state index contributed by atoms with van der Waals surface area (Å²) in [5.74, 6) is 0. The quantitative estimate of drug-likeness (QED) is 0.502. The lowest BCUT2D eigenvalue weighted by atomic mass is 10.2. The molecule has 3 heteroatoms. The van der Waals surface area contributed by atoms with Gasteiger partial charge in [-0.05, 0) is 18.9 Å². The van der Waals surface area contributed by atoms with Crippen LogP contribution >= 0.6 is 0 Å². The number of rotatable bonds is 8. The SMILES string of the molecule is COCO[C@@H](C)CCOCc1ccccc1. The van der Waals surface area contributed by atoms with Gasteiger partial charge in [-0.2, -0.15) is 0 Å². The van der Waals surface area contributed by atoms with Crippen molar-refractivity contribution >= 4 is 0 Å². The first kappa shape index (κ1) is 13.2. The molecule has 0 bridgehead atoms. The summed E-state index contributed by atoms with van der Waals surface area (Å²) in [5, 5.41) is 0. The van der Waals surface area contributed by atoms with Crippen molar-refractivity contribution in [2.45, 2.75) is 26.1 Å². The van der Waals surface area contributed by atoms with Crippen molar-refractivity contribution in [2.24, 2.45) is 0 Å². The standard InChI is InChI=1S/C13H20O3/c1-12(16-11-14-2)8-9-15-10-13-6-4-3-5-7-13/h3-7,12H,8-11H2,1-2H3/t12-/m0/s1. The van der Waals surface area contributed by atoms with Gasteiger partial charge in [-0.1, -0.05) is 30.3 Å². The normalized spacial score (nSPS) is 12.6. The molecule has 0 aromatic heterocycles. The Labute approximate surface area is 97.3 Å². The van der Waals surface area contributed by atoms with Crippen LogP contribution in [-0.4, -0.2) is 26.6 Å². The van der Waals surface area contributed by atoms with Crippen LogP contribution < -0.4 is 0 Å². The fourth-order valence-electron chi connectivity index (χ4n) is 1.28. The second-order valence-corrected chi connectivity index (χ2v) is 3.71.